The van der Waals surface area contributed by atoms with Gasteiger partial charge in [-0.1, -0.05) is 25.4 Å². The van der Waals surface area contributed by atoms with E-state index in [1.807, 2.05) is 24.9 Å². The fourth-order valence-corrected chi connectivity index (χ4v) is 2.91. The lowest BCUT2D eigenvalue weighted by Crippen LogP contribution is -2.06. The van der Waals surface area contributed by atoms with E-state index in [0.717, 1.165) is 17.5 Å². The van der Waals surface area contributed by atoms with Gasteiger partial charge < -0.3 is 5.32 Å². The van der Waals surface area contributed by atoms with Crippen LogP contribution in [0.5, 0.6) is 0 Å². The Balaban J connectivity index is 2.63. The highest BCUT2D eigenvalue weighted by atomic mass is 35.5. The van der Waals surface area contributed by atoms with Crippen molar-refractivity contribution >= 4 is 23.4 Å². The van der Waals surface area contributed by atoms with Gasteiger partial charge in [0.25, 0.3) is 0 Å². The topological polar surface area (TPSA) is 12.0 Å². The second kappa shape index (κ2) is 7.21. The van der Waals surface area contributed by atoms with Gasteiger partial charge in [-0.25, -0.2) is 0 Å². The van der Waals surface area contributed by atoms with Crippen LogP contribution < -0.4 is 5.32 Å². The Labute approximate surface area is 108 Å². The monoisotopic (exact) mass is 257 g/mol. The summed E-state index contributed by atoms with van der Waals surface area (Å²) in [6.45, 7) is 5.40. The molecule has 1 nitrogen and oxygen atoms in total. The summed E-state index contributed by atoms with van der Waals surface area (Å²) in [5.41, 5.74) is 1.30. The Morgan fingerprint density at radius 1 is 1.38 bits per heavy atom. The van der Waals surface area contributed by atoms with E-state index in [-0.39, 0.29) is 0 Å². The maximum atomic E-state index is 6.00. The summed E-state index contributed by atoms with van der Waals surface area (Å²) in [4.78, 5) is 1.35. The largest absolute Gasteiger partial charge is 0.316 e. The molecular formula is C13H20ClNS. The number of nitrogens with one attached hydrogen (secondary N) is 1. The third kappa shape index (κ3) is 4.77. The second-order valence-electron chi connectivity index (χ2n) is 4.31. The summed E-state index contributed by atoms with van der Waals surface area (Å²) in [5, 5.41) is 4.00. The molecule has 0 aliphatic rings. The van der Waals surface area contributed by atoms with E-state index in [1.165, 1.54) is 22.6 Å². The molecule has 0 spiro atoms. The van der Waals surface area contributed by atoms with E-state index in [1.54, 1.807) is 0 Å². The van der Waals surface area contributed by atoms with Crippen LogP contribution in [-0.2, 0) is 6.54 Å². The van der Waals surface area contributed by atoms with Crippen LogP contribution in [-0.4, -0.2) is 12.8 Å². The van der Waals surface area contributed by atoms with Crippen LogP contribution in [0.25, 0.3) is 0 Å². The van der Waals surface area contributed by atoms with Crippen molar-refractivity contribution in [2.75, 3.05) is 12.8 Å². The summed E-state index contributed by atoms with van der Waals surface area (Å²) in [5.74, 6) is 1.95. The van der Waals surface area contributed by atoms with Crippen molar-refractivity contribution in [2.45, 2.75) is 31.7 Å². The number of hydrogen-bond donors (Lipinski definition) is 1. The smallest absolute Gasteiger partial charge is 0.0410 e. The standard InChI is InChI=1S/C13H20ClNS/c1-10(2)6-7-16-13-5-4-12(14)8-11(13)9-15-3/h4-5,8,10,15H,6-7,9H2,1-3H3. The molecule has 0 saturated carbocycles. The first kappa shape index (κ1) is 13.9. The summed E-state index contributed by atoms with van der Waals surface area (Å²) in [6.07, 6.45) is 1.26. The van der Waals surface area contributed by atoms with Crippen LogP contribution in [0.15, 0.2) is 23.1 Å². The van der Waals surface area contributed by atoms with Crippen molar-refractivity contribution in [1.82, 2.24) is 5.32 Å². The predicted molar refractivity (Wildman–Crippen MR) is 74.4 cm³/mol. The minimum atomic E-state index is 0.771. The Kier molecular flexibility index (Phi) is 6.25. The molecule has 90 valence electrons. The highest BCUT2D eigenvalue weighted by Crippen LogP contribution is 2.27. The van der Waals surface area contributed by atoms with Crippen LogP contribution in [0.4, 0.5) is 0 Å². The Bertz CT molecular complexity index is 326. The van der Waals surface area contributed by atoms with E-state index < -0.39 is 0 Å². The van der Waals surface area contributed by atoms with Gasteiger partial charge in [-0.3, -0.25) is 0 Å². The zero-order chi connectivity index (χ0) is 12.0. The lowest BCUT2D eigenvalue weighted by atomic mass is 10.2. The molecule has 0 aromatic heterocycles. The van der Waals surface area contributed by atoms with Crippen LogP contribution >= 0.6 is 23.4 Å². The van der Waals surface area contributed by atoms with Gasteiger partial charge >= 0.3 is 0 Å². The van der Waals surface area contributed by atoms with Gasteiger partial charge in [-0.15, -0.1) is 11.8 Å². The highest BCUT2D eigenvalue weighted by molar-refractivity contribution is 7.99. The summed E-state index contributed by atoms with van der Waals surface area (Å²) >= 11 is 7.93. The minimum Gasteiger partial charge on any atom is -0.316 e. The van der Waals surface area contributed by atoms with E-state index in [9.17, 15) is 0 Å². The molecule has 0 fully saturated rings. The maximum absolute atomic E-state index is 6.00. The molecule has 0 bridgehead atoms. The van der Waals surface area contributed by atoms with Gasteiger partial charge in [0.15, 0.2) is 0 Å². The van der Waals surface area contributed by atoms with E-state index in [0.29, 0.717) is 0 Å². The van der Waals surface area contributed by atoms with Crippen molar-refractivity contribution in [2.24, 2.45) is 5.92 Å². The van der Waals surface area contributed by atoms with Gasteiger partial charge in [0, 0.05) is 16.5 Å². The Morgan fingerprint density at radius 3 is 2.75 bits per heavy atom. The molecule has 1 rings (SSSR count). The zero-order valence-electron chi connectivity index (χ0n) is 10.2. The maximum Gasteiger partial charge on any atom is 0.0410 e. The molecule has 0 radical (unpaired) electrons. The number of rotatable bonds is 6. The van der Waals surface area contributed by atoms with E-state index >= 15 is 0 Å². The number of thioether (sulfide) groups is 1. The van der Waals surface area contributed by atoms with Crippen LogP contribution in [0.1, 0.15) is 25.8 Å². The SMILES string of the molecule is CNCc1cc(Cl)ccc1SCCC(C)C. The molecule has 1 aromatic carbocycles. The first-order chi connectivity index (χ1) is 7.63. The molecule has 0 unspecified atom stereocenters. The molecule has 0 aliphatic heterocycles. The molecule has 0 atom stereocenters. The van der Waals surface area contributed by atoms with Gasteiger partial charge in [-0.05, 0) is 48.9 Å². The van der Waals surface area contributed by atoms with Crippen LogP contribution in [0.3, 0.4) is 0 Å². The predicted octanol–water partition coefficient (Wildman–Crippen LogP) is 4.20. The van der Waals surface area contributed by atoms with Gasteiger partial charge in [0.2, 0.25) is 0 Å². The van der Waals surface area contributed by atoms with Gasteiger partial charge in [0.05, 0.1) is 0 Å². The average molecular weight is 258 g/mol. The Hall–Kier alpha value is -0.180. The highest BCUT2D eigenvalue weighted by Gasteiger charge is 2.04. The molecule has 0 heterocycles. The van der Waals surface area contributed by atoms with Crippen molar-refractivity contribution in [3.63, 3.8) is 0 Å². The van der Waals surface area contributed by atoms with Crippen LogP contribution in [0, 0.1) is 5.92 Å². The van der Waals surface area contributed by atoms with Crippen LogP contribution in [0.2, 0.25) is 5.02 Å². The molecule has 0 saturated heterocycles. The normalized spacial score (nSPS) is 11.1. The zero-order valence-corrected chi connectivity index (χ0v) is 11.8. The first-order valence-corrected chi connectivity index (χ1v) is 7.05. The Morgan fingerprint density at radius 2 is 2.12 bits per heavy atom. The van der Waals surface area contributed by atoms with Crippen molar-refractivity contribution in [1.29, 1.82) is 0 Å². The second-order valence-corrected chi connectivity index (χ2v) is 5.89. The fraction of sp³-hybridized carbons (Fsp3) is 0.538. The molecule has 16 heavy (non-hydrogen) atoms. The average Bonchev–Trinajstić information content (AvgIpc) is 2.21. The summed E-state index contributed by atoms with van der Waals surface area (Å²) in [6, 6.07) is 6.15. The summed E-state index contributed by atoms with van der Waals surface area (Å²) in [7, 11) is 1.96. The van der Waals surface area contributed by atoms with Crippen molar-refractivity contribution < 1.29 is 0 Å². The van der Waals surface area contributed by atoms with Crippen molar-refractivity contribution in [3.8, 4) is 0 Å². The molecule has 3 heteroatoms. The van der Waals surface area contributed by atoms with E-state index in [4.69, 9.17) is 11.6 Å². The molecular weight excluding hydrogens is 238 g/mol. The lowest BCUT2D eigenvalue weighted by molar-refractivity contribution is 0.632. The lowest BCUT2D eigenvalue weighted by Gasteiger charge is -2.10. The molecule has 1 N–H and O–H groups in total. The quantitative estimate of drug-likeness (QED) is 0.767. The number of benzene rings is 1. The van der Waals surface area contributed by atoms with Crippen molar-refractivity contribution in [3.05, 3.63) is 28.8 Å². The fourth-order valence-electron chi connectivity index (χ4n) is 1.42. The van der Waals surface area contributed by atoms with Gasteiger partial charge in [-0.2, -0.15) is 0 Å². The molecule has 0 aliphatic carbocycles. The molecule has 1 aromatic rings. The number of halogens is 1. The third-order valence-electron chi connectivity index (χ3n) is 2.34. The third-order valence-corrected chi connectivity index (χ3v) is 3.73. The summed E-state index contributed by atoms with van der Waals surface area (Å²) < 4.78 is 0. The van der Waals surface area contributed by atoms with Gasteiger partial charge in [0.1, 0.15) is 0 Å². The number of hydrogen-bond acceptors (Lipinski definition) is 2. The first-order valence-electron chi connectivity index (χ1n) is 5.69. The minimum absolute atomic E-state index is 0.771. The van der Waals surface area contributed by atoms with E-state index in [2.05, 4.69) is 31.3 Å². The molecule has 0 amide bonds.